The lowest BCUT2D eigenvalue weighted by Gasteiger charge is -2.08. The van der Waals surface area contributed by atoms with Crippen LogP contribution in [-0.4, -0.2) is 23.7 Å². The van der Waals surface area contributed by atoms with Crippen LogP contribution in [0.25, 0.3) is 0 Å². The maximum atomic E-state index is 5.33. The highest BCUT2D eigenvalue weighted by Gasteiger charge is 2.03. The van der Waals surface area contributed by atoms with Gasteiger partial charge in [-0.15, -0.1) is 0 Å². The predicted octanol–water partition coefficient (Wildman–Crippen LogP) is 1.66. The van der Waals surface area contributed by atoms with Crippen LogP contribution in [0.4, 0.5) is 0 Å². The fourth-order valence-corrected chi connectivity index (χ4v) is 1.80. The van der Waals surface area contributed by atoms with Crippen molar-refractivity contribution in [1.82, 2.24) is 14.9 Å². The SMILES string of the molecule is CNCc1cn(Cc2ccccc2OC)cn1. The van der Waals surface area contributed by atoms with Gasteiger partial charge < -0.3 is 14.6 Å². The number of nitrogens with one attached hydrogen (secondary N) is 1. The molecule has 0 saturated heterocycles. The molecule has 0 saturated carbocycles. The smallest absolute Gasteiger partial charge is 0.123 e. The fraction of sp³-hybridized carbons (Fsp3) is 0.308. The molecular weight excluding hydrogens is 214 g/mol. The molecule has 0 fully saturated rings. The van der Waals surface area contributed by atoms with E-state index >= 15 is 0 Å². The van der Waals surface area contributed by atoms with Crippen molar-refractivity contribution in [1.29, 1.82) is 0 Å². The van der Waals surface area contributed by atoms with Gasteiger partial charge in [-0.1, -0.05) is 18.2 Å². The summed E-state index contributed by atoms with van der Waals surface area (Å²) in [7, 11) is 3.61. The molecule has 4 heteroatoms. The molecule has 0 atom stereocenters. The standard InChI is InChI=1S/C13H17N3O/c1-14-7-12-9-16(10-15-12)8-11-5-3-4-6-13(11)17-2/h3-6,9-10,14H,7-8H2,1-2H3. The number of aromatic nitrogens is 2. The normalized spacial score (nSPS) is 10.5. The molecule has 1 aromatic carbocycles. The zero-order valence-electron chi connectivity index (χ0n) is 10.2. The number of hydrogen-bond acceptors (Lipinski definition) is 3. The van der Waals surface area contributed by atoms with E-state index in [9.17, 15) is 0 Å². The zero-order valence-corrected chi connectivity index (χ0v) is 10.2. The van der Waals surface area contributed by atoms with E-state index in [0.717, 1.165) is 30.1 Å². The monoisotopic (exact) mass is 231 g/mol. The zero-order chi connectivity index (χ0) is 12.1. The minimum absolute atomic E-state index is 0.778. The van der Waals surface area contributed by atoms with Crippen LogP contribution in [0.3, 0.4) is 0 Å². The summed E-state index contributed by atoms with van der Waals surface area (Å²) >= 11 is 0. The van der Waals surface area contributed by atoms with Gasteiger partial charge in [0.05, 0.1) is 25.7 Å². The van der Waals surface area contributed by atoms with E-state index in [1.165, 1.54) is 0 Å². The highest BCUT2D eigenvalue weighted by atomic mass is 16.5. The topological polar surface area (TPSA) is 39.1 Å². The molecule has 1 heterocycles. The van der Waals surface area contributed by atoms with Crippen LogP contribution in [0.2, 0.25) is 0 Å². The van der Waals surface area contributed by atoms with Crippen LogP contribution in [0.15, 0.2) is 36.8 Å². The molecule has 2 rings (SSSR count). The number of imidazole rings is 1. The van der Waals surface area contributed by atoms with Crippen molar-refractivity contribution in [2.75, 3.05) is 14.2 Å². The van der Waals surface area contributed by atoms with Crippen LogP contribution >= 0.6 is 0 Å². The van der Waals surface area contributed by atoms with Crippen molar-refractivity contribution in [3.8, 4) is 5.75 Å². The second-order valence-corrected chi connectivity index (χ2v) is 3.88. The second-order valence-electron chi connectivity index (χ2n) is 3.88. The van der Waals surface area contributed by atoms with E-state index in [-0.39, 0.29) is 0 Å². The third-order valence-electron chi connectivity index (χ3n) is 2.59. The molecule has 0 aliphatic heterocycles. The van der Waals surface area contributed by atoms with Crippen LogP contribution in [-0.2, 0) is 13.1 Å². The Balaban J connectivity index is 2.13. The van der Waals surface area contributed by atoms with E-state index in [1.54, 1.807) is 7.11 Å². The van der Waals surface area contributed by atoms with Crippen molar-refractivity contribution in [3.05, 3.63) is 48.0 Å². The van der Waals surface area contributed by atoms with E-state index in [1.807, 2.05) is 37.8 Å². The van der Waals surface area contributed by atoms with Crippen molar-refractivity contribution < 1.29 is 4.74 Å². The first-order valence-corrected chi connectivity index (χ1v) is 5.60. The summed E-state index contributed by atoms with van der Waals surface area (Å²) in [6, 6.07) is 8.03. The summed E-state index contributed by atoms with van der Waals surface area (Å²) in [6.07, 6.45) is 3.89. The van der Waals surface area contributed by atoms with Gasteiger partial charge in [-0.25, -0.2) is 4.98 Å². The molecule has 0 unspecified atom stereocenters. The first kappa shape index (κ1) is 11.7. The van der Waals surface area contributed by atoms with E-state index < -0.39 is 0 Å². The first-order valence-electron chi connectivity index (χ1n) is 5.60. The van der Waals surface area contributed by atoms with E-state index in [4.69, 9.17) is 4.74 Å². The number of hydrogen-bond donors (Lipinski definition) is 1. The van der Waals surface area contributed by atoms with Crippen molar-refractivity contribution in [2.45, 2.75) is 13.1 Å². The lowest BCUT2D eigenvalue weighted by Crippen LogP contribution is -2.05. The van der Waals surface area contributed by atoms with Crippen molar-refractivity contribution in [2.24, 2.45) is 0 Å². The summed E-state index contributed by atoms with van der Waals surface area (Å²) in [5.41, 5.74) is 2.20. The van der Waals surface area contributed by atoms with E-state index in [0.29, 0.717) is 0 Å². The molecule has 0 spiro atoms. The molecule has 90 valence electrons. The third kappa shape index (κ3) is 2.85. The number of para-hydroxylation sites is 1. The summed E-state index contributed by atoms with van der Waals surface area (Å²) in [6.45, 7) is 1.57. The Hall–Kier alpha value is -1.81. The fourth-order valence-electron chi connectivity index (χ4n) is 1.80. The average molecular weight is 231 g/mol. The number of rotatable bonds is 5. The molecular formula is C13H17N3O. The Morgan fingerprint density at radius 2 is 2.18 bits per heavy atom. The van der Waals surface area contributed by atoms with Gasteiger partial charge in [-0.2, -0.15) is 0 Å². The van der Waals surface area contributed by atoms with Crippen molar-refractivity contribution >= 4 is 0 Å². The Morgan fingerprint density at radius 3 is 2.94 bits per heavy atom. The quantitative estimate of drug-likeness (QED) is 0.850. The van der Waals surface area contributed by atoms with Crippen LogP contribution in [0.1, 0.15) is 11.3 Å². The Morgan fingerprint density at radius 1 is 1.35 bits per heavy atom. The molecule has 0 radical (unpaired) electrons. The highest BCUT2D eigenvalue weighted by Crippen LogP contribution is 2.18. The summed E-state index contributed by atoms with van der Waals surface area (Å²) in [5.74, 6) is 0.913. The summed E-state index contributed by atoms with van der Waals surface area (Å²) in [4.78, 5) is 4.32. The Labute approximate surface area is 101 Å². The maximum absolute atomic E-state index is 5.33. The van der Waals surface area contributed by atoms with Crippen molar-refractivity contribution in [3.63, 3.8) is 0 Å². The molecule has 0 amide bonds. The van der Waals surface area contributed by atoms with Gasteiger partial charge in [0.2, 0.25) is 0 Å². The van der Waals surface area contributed by atoms with E-state index in [2.05, 4.69) is 20.9 Å². The molecule has 0 aliphatic carbocycles. The maximum Gasteiger partial charge on any atom is 0.123 e. The highest BCUT2D eigenvalue weighted by molar-refractivity contribution is 5.33. The second kappa shape index (κ2) is 5.50. The van der Waals surface area contributed by atoms with Crippen LogP contribution in [0.5, 0.6) is 5.75 Å². The summed E-state index contributed by atoms with van der Waals surface area (Å²) in [5, 5.41) is 3.08. The lowest BCUT2D eigenvalue weighted by atomic mass is 10.2. The summed E-state index contributed by atoms with van der Waals surface area (Å²) < 4.78 is 7.39. The van der Waals surface area contributed by atoms with Crippen LogP contribution in [0, 0.1) is 0 Å². The van der Waals surface area contributed by atoms with Gasteiger partial charge in [0.15, 0.2) is 0 Å². The lowest BCUT2D eigenvalue weighted by molar-refractivity contribution is 0.408. The number of benzene rings is 1. The first-order chi connectivity index (χ1) is 8.33. The minimum Gasteiger partial charge on any atom is -0.496 e. The van der Waals surface area contributed by atoms with Gasteiger partial charge in [0.1, 0.15) is 5.75 Å². The molecule has 1 N–H and O–H groups in total. The molecule has 2 aromatic rings. The minimum atomic E-state index is 0.778. The Kier molecular flexibility index (Phi) is 3.77. The largest absolute Gasteiger partial charge is 0.496 e. The van der Waals surface area contributed by atoms with Gasteiger partial charge in [0, 0.05) is 18.3 Å². The molecule has 1 aromatic heterocycles. The number of nitrogens with zero attached hydrogens (tertiary/aromatic N) is 2. The third-order valence-corrected chi connectivity index (χ3v) is 2.59. The Bertz CT molecular complexity index is 479. The predicted molar refractivity (Wildman–Crippen MR) is 67.1 cm³/mol. The molecule has 0 aliphatic rings. The van der Waals surface area contributed by atoms with Gasteiger partial charge in [0.25, 0.3) is 0 Å². The van der Waals surface area contributed by atoms with Gasteiger partial charge >= 0.3 is 0 Å². The van der Waals surface area contributed by atoms with Crippen LogP contribution < -0.4 is 10.1 Å². The van der Waals surface area contributed by atoms with Gasteiger partial charge in [-0.3, -0.25) is 0 Å². The van der Waals surface area contributed by atoms with Gasteiger partial charge in [-0.05, 0) is 13.1 Å². The average Bonchev–Trinajstić information content (AvgIpc) is 2.78. The molecule has 17 heavy (non-hydrogen) atoms. The molecule has 0 bridgehead atoms. The number of ether oxygens (including phenoxy) is 1. The number of methoxy groups -OCH3 is 1. The molecule has 4 nitrogen and oxygen atoms in total.